The molecule has 1 amide bonds. The summed E-state index contributed by atoms with van der Waals surface area (Å²) in [6.45, 7) is 1.40. The van der Waals surface area contributed by atoms with E-state index in [4.69, 9.17) is 23.2 Å². The predicted molar refractivity (Wildman–Crippen MR) is 73.5 cm³/mol. The Kier molecular flexibility index (Phi) is 4.63. The molecule has 0 saturated carbocycles. The third-order valence-corrected chi connectivity index (χ3v) is 3.83. The fourth-order valence-corrected chi connectivity index (χ4v) is 2.93. The molecule has 1 N–H and O–H groups in total. The van der Waals surface area contributed by atoms with Crippen molar-refractivity contribution < 1.29 is 4.79 Å². The van der Waals surface area contributed by atoms with Crippen LogP contribution in [0.3, 0.4) is 0 Å². The van der Waals surface area contributed by atoms with Crippen molar-refractivity contribution in [2.45, 2.75) is 13.0 Å². The van der Waals surface area contributed by atoms with Crippen LogP contribution in [0.5, 0.6) is 0 Å². The molecule has 0 atom stereocenters. The lowest BCUT2D eigenvalue weighted by Crippen LogP contribution is -2.25. The van der Waals surface area contributed by atoms with Crippen molar-refractivity contribution in [2.24, 2.45) is 0 Å². The highest BCUT2D eigenvalue weighted by molar-refractivity contribution is 7.20. The largest absolute Gasteiger partial charge is 0.352 e. The Morgan fingerprint density at radius 1 is 1.50 bits per heavy atom. The molecule has 2 rings (SSSR count). The van der Waals surface area contributed by atoms with E-state index in [9.17, 15) is 4.79 Å². The summed E-state index contributed by atoms with van der Waals surface area (Å²) in [5.41, 5.74) is 0.439. The number of imidazole rings is 1. The highest BCUT2D eigenvalue weighted by Gasteiger charge is 2.13. The quantitative estimate of drug-likeness (QED) is 0.863. The molecule has 0 unspecified atom stereocenters. The number of nitrogens with zero attached hydrogens (tertiary/aromatic N) is 2. The molecule has 96 valence electrons. The zero-order valence-electron chi connectivity index (χ0n) is 9.40. The lowest BCUT2D eigenvalue weighted by molar-refractivity contribution is 0.0953. The van der Waals surface area contributed by atoms with Gasteiger partial charge in [-0.05, 0) is 12.5 Å². The molecule has 2 heterocycles. The van der Waals surface area contributed by atoms with Crippen molar-refractivity contribution in [1.82, 2.24) is 14.9 Å². The summed E-state index contributed by atoms with van der Waals surface area (Å²) < 4.78 is 2.90. The molecule has 7 heteroatoms. The summed E-state index contributed by atoms with van der Waals surface area (Å²) >= 11 is 12.9. The van der Waals surface area contributed by atoms with E-state index in [0.29, 0.717) is 20.8 Å². The Hall–Kier alpha value is -1.04. The molecule has 0 fully saturated rings. The fourth-order valence-electron chi connectivity index (χ4n) is 1.47. The molecule has 4 nitrogen and oxygen atoms in total. The first kappa shape index (κ1) is 13.4. The van der Waals surface area contributed by atoms with Crippen LogP contribution >= 0.6 is 34.5 Å². The Labute approximate surface area is 119 Å². The molecule has 0 aliphatic heterocycles. The number of thiophene rings is 1. The molecule has 18 heavy (non-hydrogen) atoms. The maximum absolute atomic E-state index is 11.8. The molecule has 2 aromatic rings. The first-order valence-corrected chi connectivity index (χ1v) is 6.93. The van der Waals surface area contributed by atoms with Crippen LogP contribution in [-0.4, -0.2) is 22.0 Å². The molecule has 0 radical (unpaired) electrons. The number of amides is 1. The van der Waals surface area contributed by atoms with Gasteiger partial charge in [-0.2, -0.15) is 0 Å². The van der Waals surface area contributed by atoms with E-state index in [1.807, 2.05) is 10.8 Å². The SMILES string of the molecule is O=C(NCCCn1ccnc1)c1cc(Cl)sc1Cl. The second-order valence-electron chi connectivity index (χ2n) is 3.65. The summed E-state index contributed by atoms with van der Waals surface area (Å²) in [6, 6.07) is 1.58. The van der Waals surface area contributed by atoms with Crippen molar-refractivity contribution in [3.63, 3.8) is 0 Å². The number of hydrogen-bond acceptors (Lipinski definition) is 3. The highest BCUT2D eigenvalue weighted by atomic mass is 35.5. The van der Waals surface area contributed by atoms with Crippen LogP contribution in [0.25, 0.3) is 0 Å². The van der Waals surface area contributed by atoms with Gasteiger partial charge in [0.25, 0.3) is 5.91 Å². The molecule has 0 bridgehead atoms. The summed E-state index contributed by atoms with van der Waals surface area (Å²) in [6.07, 6.45) is 6.19. The Morgan fingerprint density at radius 2 is 2.33 bits per heavy atom. The molecule has 0 aliphatic carbocycles. The number of hydrogen-bond donors (Lipinski definition) is 1. The van der Waals surface area contributed by atoms with Gasteiger partial charge in [0.15, 0.2) is 0 Å². The zero-order chi connectivity index (χ0) is 13.0. The van der Waals surface area contributed by atoms with Crippen LogP contribution in [0.2, 0.25) is 8.67 Å². The number of nitrogens with one attached hydrogen (secondary N) is 1. The number of carbonyl (C=O) groups excluding carboxylic acids is 1. The zero-order valence-corrected chi connectivity index (χ0v) is 11.7. The minimum Gasteiger partial charge on any atom is -0.352 e. The van der Waals surface area contributed by atoms with Crippen LogP contribution in [0.4, 0.5) is 0 Å². The van der Waals surface area contributed by atoms with Gasteiger partial charge in [0, 0.05) is 25.5 Å². The first-order chi connectivity index (χ1) is 8.66. The van der Waals surface area contributed by atoms with Crippen LogP contribution in [0.15, 0.2) is 24.8 Å². The van der Waals surface area contributed by atoms with Gasteiger partial charge in [-0.15, -0.1) is 11.3 Å². The standard InChI is InChI=1S/C11H11Cl2N3OS/c12-9-6-8(10(13)18-9)11(17)15-2-1-4-16-5-3-14-7-16/h3,5-7H,1-2,4H2,(H,15,17). The smallest absolute Gasteiger partial charge is 0.253 e. The van der Waals surface area contributed by atoms with Gasteiger partial charge in [0.05, 0.1) is 16.2 Å². The summed E-state index contributed by atoms with van der Waals surface area (Å²) in [4.78, 5) is 15.7. The number of halogens is 2. The molecular formula is C11H11Cl2N3OS. The first-order valence-electron chi connectivity index (χ1n) is 5.35. The van der Waals surface area contributed by atoms with Gasteiger partial charge in [-0.3, -0.25) is 4.79 Å². The lowest BCUT2D eigenvalue weighted by atomic mass is 10.3. The van der Waals surface area contributed by atoms with Crippen molar-refractivity contribution in [2.75, 3.05) is 6.54 Å². The second-order valence-corrected chi connectivity index (χ2v) is 5.93. The average Bonchev–Trinajstić information content (AvgIpc) is 2.94. The highest BCUT2D eigenvalue weighted by Crippen LogP contribution is 2.30. The van der Waals surface area contributed by atoms with E-state index in [1.54, 1.807) is 18.6 Å². The van der Waals surface area contributed by atoms with Crippen LogP contribution < -0.4 is 5.32 Å². The minimum absolute atomic E-state index is 0.186. The number of rotatable bonds is 5. The van der Waals surface area contributed by atoms with E-state index >= 15 is 0 Å². The second kappa shape index (κ2) is 6.22. The van der Waals surface area contributed by atoms with Gasteiger partial charge in [-0.1, -0.05) is 23.2 Å². The molecule has 2 aromatic heterocycles. The molecule has 0 aromatic carbocycles. The van der Waals surface area contributed by atoms with Gasteiger partial charge in [0.1, 0.15) is 4.34 Å². The van der Waals surface area contributed by atoms with Gasteiger partial charge < -0.3 is 9.88 Å². The monoisotopic (exact) mass is 303 g/mol. The molecule has 0 spiro atoms. The predicted octanol–water partition coefficient (Wildman–Crippen LogP) is 3.07. The third-order valence-electron chi connectivity index (χ3n) is 2.34. The third kappa shape index (κ3) is 3.48. The van der Waals surface area contributed by atoms with Crippen molar-refractivity contribution in [3.05, 3.63) is 39.0 Å². The van der Waals surface area contributed by atoms with Crippen molar-refractivity contribution in [1.29, 1.82) is 0 Å². The summed E-state index contributed by atoms with van der Waals surface area (Å²) in [5, 5.41) is 2.81. The fraction of sp³-hybridized carbons (Fsp3) is 0.273. The van der Waals surface area contributed by atoms with Crippen LogP contribution in [0, 0.1) is 0 Å². The van der Waals surface area contributed by atoms with Crippen LogP contribution in [-0.2, 0) is 6.54 Å². The Bertz CT molecular complexity index is 524. The maximum Gasteiger partial charge on any atom is 0.253 e. The van der Waals surface area contributed by atoms with Crippen molar-refractivity contribution in [3.8, 4) is 0 Å². The van der Waals surface area contributed by atoms with E-state index in [-0.39, 0.29) is 5.91 Å². The topological polar surface area (TPSA) is 46.9 Å². The average molecular weight is 304 g/mol. The molecular weight excluding hydrogens is 293 g/mol. The molecule has 0 aliphatic rings. The minimum atomic E-state index is -0.186. The Balaban J connectivity index is 1.77. The van der Waals surface area contributed by atoms with E-state index in [1.165, 1.54) is 11.3 Å². The van der Waals surface area contributed by atoms with Gasteiger partial charge >= 0.3 is 0 Å². The van der Waals surface area contributed by atoms with E-state index in [0.717, 1.165) is 13.0 Å². The number of aromatic nitrogens is 2. The number of aryl methyl sites for hydroxylation is 1. The van der Waals surface area contributed by atoms with E-state index in [2.05, 4.69) is 10.3 Å². The molecule has 0 saturated heterocycles. The van der Waals surface area contributed by atoms with Crippen LogP contribution in [0.1, 0.15) is 16.8 Å². The summed E-state index contributed by atoms with van der Waals surface area (Å²) in [5.74, 6) is -0.186. The van der Waals surface area contributed by atoms with Gasteiger partial charge in [-0.25, -0.2) is 4.98 Å². The van der Waals surface area contributed by atoms with Crippen molar-refractivity contribution >= 4 is 40.4 Å². The normalized spacial score (nSPS) is 10.6. The number of carbonyl (C=O) groups is 1. The van der Waals surface area contributed by atoms with E-state index < -0.39 is 0 Å². The maximum atomic E-state index is 11.8. The Morgan fingerprint density at radius 3 is 2.94 bits per heavy atom. The lowest BCUT2D eigenvalue weighted by Gasteiger charge is -2.04. The van der Waals surface area contributed by atoms with Gasteiger partial charge in [0.2, 0.25) is 0 Å². The summed E-state index contributed by atoms with van der Waals surface area (Å²) in [7, 11) is 0.